The highest BCUT2D eigenvalue weighted by molar-refractivity contribution is 6.42. The summed E-state index contributed by atoms with van der Waals surface area (Å²) in [4.78, 5) is 38.3. The molecule has 0 saturated carbocycles. The second kappa shape index (κ2) is 7.25. The molecule has 1 aromatic carbocycles. The first kappa shape index (κ1) is 19.3. The lowest BCUT2D eigenvalue weighted by Crippen LogP contribution is -2.43. The number of hydrogen-bond acceptors (Lipinski definition) is 4. The minimum atomic E-state index is -1.34. The van der Waals surface area contributed by atoms with Crippen LogP contribution in [-0.2, 0) is 15.1 Å². The first-order valence-electron chi connectivity index (χ1n) is 8.15. The van der Waals surface area contributed by atoms with E-state index in [0.717, 1.165) is 4.90 Å². The number of nitrogens with one attached hydrogen (secondary N) is 2. The van der Waals surface area contributed by atoms with Crippen molar-refractivity contribution >= 4 is 41.0 Å². The van der Waals surface area contributed by atoms with Crippen LogP contribution in [0.4, 0.5) is 4.79 Å². The second-order valence-corrected chi connectivity index (χ2v) is 7.19. The quantitative estimate of drug-likeness (QED) is 0.741. The van der Waals surface area contributed by atoms with E-state index in [9.17, 15) is 14.4 Å². The Morgan fingerprint density at radius 1 is 1.30 bits per heavy atom. The van der Waals surface area contributed by atoms with Gasteiger partial charge in [0.05, 0.1) is 22.4 Å². The molecule has 2 heterocycles. The standard InChI is InChI=1S/C18H17Cl2N3O4/c1-10(14-4-3-7-27-14)21-15(24)9-23-16(25)18(2,22-17(23)26)11-5-6-12(19)13(20)8-11/h3-8,10H,9H2,1-2H3,(H,21,24)(H,22,26). The van der Waals surface area contributed by atoms with Crippen molar-refractivity contribution in [3.8, 4) is 0 Å². The van der Waals surface area contributed by atoms with Crippen molar-refractivity contribution in [3.63, 3.8) is 0 Å². The number of rotatable bonds is 5. The Labute approximate surface area is 165 Å². The number of imide groups is 1. The molecule has 2 aromatic rings. The predicted octanol–water partition coefficient (Wildman–Crippen LogP) is 3.23. The van der Waals surface area contributed by atoms with Crippen LogP contribution in [0, 0.1) is 0 Å². The number of carbonyl (C=O) groups is 3. The molecule has 1 aromatic heterocycles. The summed E-state index contributed by atoms with van der Waals surface area (Å²) in [5.41, 5.74) is -0.861. The van der Waals surface area contributed by atoms with Gasteiger partial charge in [-0.15, -0.1) is 0 Å². The monoisotopic (exact) mass is 409 g/mol. The number of furan rings is 1. The molecular weight excluding hydrogens is 393 g/mol. The second-order valence-electron chi connectivity index (χ2n) is 6.38. The first-order chi connectivity index (χ1) is 12.7. The molecule has 1 aliphatic rings. The molecule has 7 nitrogen and oxygen atoms in total. The number of benzene rings is 1. The Kier molecular flexibility index (Phi) is 5.17. The fourth-order valence-electron chi connectivity index (χ4n) is 2.88. The van der Waals surface area contributed by atoms with E-state index in [0.29, 0.717) is 16.3 Å². The molecule has 2 N–H and O–H groups in total. The third kappa shape index (κ3) is 3.65. The van der Waals surface area contributed by atoms with Gasteiger partial charge < -0.3 is 15.1 Å². The molecule has 1 aliphatic heterocycles. The number of halogens is 2. The number of hydrogen-bond donors (Lipinski definition) is 2. The van der Waals surface area contributed by atoms with E-state index in [1.54, 1.807) is 38.1 Å². The van der Waals surface area contributed by atoms with Gasteiger partial charge in [0.1, 0.15) is 17.8 Å². The third-order valence-corrected chi connectivity index (χ3v) is 5.16. The summed E-state index contributed by atoms with van der Waals surface area (Å²) < 4.78 is 5.22. The number of carbonyl (C=O) groups excluding carboxylic acids is 3. The largest absolute Gasteiger partial charge is 0.467 e. The van der Waals surface area contributed by atoms with Crippen LogP contribution < -0.4 is 10.6 Å². The highest BCUT2D eigenvalue weighted by Crippen LogP contribution is 2.32. The lowest BCUT2D eigenvalue weighted by molar-refractivity contribution is -0.135. The molecular formula is C18H17Cl2N3O4. The van der Waals surface area contributed by atoms with Crippen LogP contribution in [0.1, 0.15) is 31.2 Å². The van der Waals surface area contributed by atoms with Gasteiger partial charge in [-0.1, -0.05) is 29.3 Å². The van der Waals surface area contributed by atoms with Gasteiger partial charge in [-0.2, -0.15) is 0 Å². The molecule has 4 amide bonds. The van der Waals surface area contributed by atoms with Crippen molar-refractivity contribution in [2.24, 2.45) is 0 Å². The fourth-order valence-corrected chi connectivity index (χ4v) is 3.18. The summed E-state index contributed by atoms with van der Waals surface area (Å²) in [5.74, 6) is -0.464. The predicted molar refractivity (Wildman–Crippen MR) is 99.3 cm³/mol. The van der Waals surface area contributed by atoms with Crippen LogP contribution >= 0.6 is 23.2 Å². The summed E-state index contributed by atoms with van der Waals surface area (Å²) in [6.45, 7) is 2.88. The van der Waals surface area contributed by atoms with Crippen molar-refractivity contribution in [1.29, 1.82) is 0 Å². The van der Waals surface area contributed by atoms with E-state index in [1.807, 2.05) is 0 Å². The normalized spacial score (nSPS) is 20.5. The molecule has 0 spiro atoms. The maximum absolute atomic E-state index is 12.9. The van der Waals surface area contributed by atoms with Gasteiger partial charge in [0.15, 0.2) is 0 Å². The van der Waals surface area contributed by atoms with E-state index < -0.39 is 36.0 Å². The van der Waals surface area contributed by atoms with Crippen molar-refractivity contribution in [1.82, 2.24) is 15.5 Å². The SMILES string of the molecule is CC(NC(=O)CN1C(=O)NC(C)(c2ccc(Cl)c(Cl)c2)C1=O)c1ccco1. The van der Waals surface area contributed by atoms with Gasteiger partial charge in [0, 0.05) is 0 Å². The van der Waals surface area contributed by atoms with Crippen LogP contribution in [-0.4, -0.2) is 29.3 Å². The van der Waals surface area contributed by atoms with E-state index in [1.165, 1.54) is 12.3 Å². The van der Waals surface area contributed by atoms with E-state index in [2.05, 4.69) is 10.6 Å². The number of nitrogens with zero attached hydrogens (tertiary/aromatic N) is 1. The molecule has 27 heavy (non-hydrogen) atoms. The highest BCUT2D eigenvalue weighted by Gasteiger charge is 2.49. The Bertz CT molecular complexity index is 900. The van der Waals surface area contributed by atoms with Gasteiger partial charge in [0.25, 0.3) is 5.91 Å². The maximum Gasteiger partial charge on any atom is 0.325 e. The molecule has 1 fully saturated rings. The number of urea groups is 1. The molecule has 9 heteroatoms. The van der Waals surface area contributed by atoms with Crippen LogP contribution in [0.5, 0.6) is 0 Å². The lowest BCUT2D eigenvalue weighted by atomic mass is 9.92. The zero-order valence-corrected chi connectivity index (χ0v) is 16.1. The average molecular weight is 410 g/mol. The van der Waals surface area contributed by atoms with Crippen LogP contribution in [0.15, 0.2) is 41.0 Å². The molecule has 3 rings (SSSR count). The Morgan fingerprint density at radius 2 is 2.04 bits per heavy atom. The van der Waals surface area contributed by atoms with Crippen molar-refractivity contribution < 1.29 is 18.8 Å². The maximum atomic E-state index is 12.9. The van der Waals surface area contributed by atoms with E-state index in [-0.39, 0.29) is 5.02 Å². The van der Waals surface area contributed by atoms with Crippen LogP contribution in [0.25, 0.3) is 0 Å². The highest BCUT2D eigenvalue weighted by atomic mass is 35.5. The first-order valence-corrected chi connectivity index (χ1v) is 8.90. The summed E-state index contributed by atoms with van der Waals surface area (Å²) in [6.07, 6.45) is 1.50. The van der Waals surface area contributed by atoms with Gasteiger partial charge in [-0.05, 0) is 43.7 Å². The summed E-state index contributed by atoms with van der Waals surface area (Å²) >= 11 is 11.9. The zero-order valence-electron chi connectivity index (χ0n) is 14.6. The minimum Gasteiger partial charge on any atom is -0.467 e. The Morgan fingerprint density at radius 3 is 2.67 bits per heavy atom. The van der Waals surface area contributed by atoms with Gasteiger partial charge in [-0.25, -0.2) is 4.79 Å². The third-order valence-electron chi connectivity index (χ3n) is 4.42. The average Bonchev–Trinajstić information content (AvgIpc) is 3.21. The molecule has 1 saturated heterocycles. The zero-order chi connectivity index (χ0) is 19.8. The molecule has 0 aliphatic carbocycles. The molecule has 142 valence electrons. The van der Waals surface area contributed by atoms with Gasteiger partial charge in [0.2, 0.25) is 5.91 Å². The fraction of sp³-hybridized carbons (Fsp3) is 0.278. The lowest BCUT2D eigenvalue weighted by Gasteiger charge is -2.22. The van der Waals surface area contributed by atoms with Crippen LogP contribution in [0.3, 0.4) is 0 Å². The van der Waals surface area contributed by atoms with Gasteiger partial charge >= 0.3 is 6.03 Å². The minimum absolute atomic E-state index is 0.265. The molecule has 2 atom stereocenters. The Balaban J connectivity index is 1.73. The van der Waals surface area contributed by atoms with Crippen LogP contribution in [0.2, 0.25) is 10.0 Å². The summed E-state index contributed by atoms with van der Waals surface area (Å²) in [5, 5.41) is 5.91. The molecule has 2 unspecified atom stereocenters. The van der Waals surface area contributed by atoms with E-state index >= 15 is 0 Å². The van der Waals surface area contributed by atoms with Crippen molar-refractivity contribution in [2.45, 2.75) is 25.4 Å². The topological polar surface area (TPSA) is 91.7 Å². The molecule has 0 radical (unpaired) electrons. The number of amides is 4. The van der Waals surface area contributed by atoms with E-state index in [4.69, 9.17) is 27.6 Å². The van der Waals surface area contributed by atoms with Crippen molar-refractivity contribution in [3.05, 3.63) is 58.0 Å². The smallest absolute Gasteiger partial charge is 0.325 e. The summed E-state index contributed by atoms with van der Waals surface area (Å²) in [7, 11) is 0. The summed E-state index contributed by atoms with van der Waals surface area (Å²) in [6, 6.07) is 7.05. The van der Waals surface area contributed by atoms with Crippen molar-refractivity contribution in [2.75, 3.05) is 6.54 Å². The Hall–Kier alpha value is -2.51. The van der Waals surface area contributed by atoms with Gasteiger partial charge in [-0.3, -0.25) is 14.5 Å². The molecule has 0 bridgehead atoms.